The second-order valence-corrected chi connectivity index (χ2v) is 6.56. The molecule has 0 radical (unpaired) electrons. The van der Waals surface area contributed by atoms with Crippen LogP contribution < -0.4 is 15.2 Å². The van der Waals surface area contributed by atoms with Crippen molar-refractivity contribution in [3.63, 3.8) is 0 Å². The number of halogens is 1. The van der Waals surface area contributed by atoms with Crippen LogP contribution in [-0.2, 0) is 0 Å². The predicted molar refractivity (Wildman–Crippen MR) is 102 cm³/mol. The number of likely N-dealkylation sites (tertiary alicyclic amines) is 1. The van der Waals surface area contributed by atoms with E-state index in [4.69, 9.17) is 15.2 Å². The fourth-order valence-electron chi connectivity index (χ4n) is 3.46. The van der Waals surface area contributed by atoms with Crippen molar-refractivity contribution in [2.45, 2.75) is 25.3 Å². The van der Waals surface area contributed by atoms with Gasteiger partial charge in [-0.25, -0.2) is 4.39 Å². The van der Waals surface area contributed by atoms with Crippen LogP contribution >= 0.6 is 0 Å². The van der Waals surface area contributed by atoms with Crippen LogP contribution in [-0.4, -0.2) is 37.6 Å². The number of carbonyl (C=O) groups is 1. The lowest BCUT2D eigenvalue weighted by Gasteiger charge is -2.36. The second-order valence-electron chi connectivity index (χ2n) is 6.56. The third kappa shape index (κ3) is 4.39. The zero-order chi connectivity index (χ0) is 19.2. The van der Waals surface area contributed by atoms with Crippen molar-refractivity contribution >= 4 is 5.91 Å². The molecule has 2 N–H and O–H groups in total. The standard InChI is InChI=1S/C21H25FN2O3/c1-26-17-9-10-18(20(14-17)27-13-11-23)21(25)24-12-3-2-4-19(24)15-5-7-16(22)8-6-15/h5-10,14,19H,2-4,11-13,23H2,1H3/t19-/m0/s1. The van der Waals surface area contributed by atoms with Crippen molar-refractivity contribution < 1.29 is 18.7 Å². The fraction of sp³-hybridized carbons (Fsp3) is 0.381. The summed E-state index contributed by atoms with van der Waals surface area (Å²) >= 11 is 0. The van der Waals surface area contributed by atoms with Gasteiger partial charge in [-0.3, -0.25) is 4.79 Å². The molecule has 0 bridgehead atoms. The Hall–Kier alpha value is -2.60. The van der Waals surface area contributed by atoms with Gasteiger partial charge in [-0.1, -0.05) is 12.1 Å². The van der Waals surface area contributed by atoms with Gasteiger partial charge in [0.2, 0.25) is 0 Å². The number of nitrogens with two attached hydrogens (primary N) is 1. The van der Waals surface area contributed by atoms with E-state index in [1.54, 1.807) is 37.4 Å². The molecular formula is C21H25FN2O3. The van der Waals surface area contributed by atoms with Crippen molar-refractivity contribution in [2.75, 3.05) is 26.8 Å². The summed E-state index contributed by atoms with van der Waals surface area (Å²) in [6.07, 6.45) is 2.83. The van der Waals surface area contributed by atoms with E-state index in [1.165, 1.54) is 12.1 Å². The Balaban J connectivity index is 1.91. The number of carbonyl (C=O) groups excluding carboxylic acids is 1. The normalized spacial score (nSPS) is 16.9. The lowest BCUT2D eigenvalue weighted by molar-refractivity contribution is 0.0607. The summed E-state index contributed by atoms with van der Waals surface area (Å²) < 4.78 is 24.2. The summed E-state index contributed by atoms with van der Waals surface area (Å²) in [6.45, 7) is 1.32. The second kappa shape index (κ2) is 8.86. The number of nitrogens with zero attached hydrogens (tertiary/aromatic N) is 1. The summed E-state index contributed by atoms with van der Waals surface area (Å²) in [5, 5.41) is 0. The van der Waals surface area contributed by atoms with E-state index in [0.29, 0.717) is 36.8 Å². The van der Waals surface area contributed by atoms with Crippen LogP contribution in [0.1, 0.15) is 41.2 Å². The molecule has 2 aromatic rings. The van der Waals surface area contributed by atoms with Crippen molar-refractivity contribution in [3.8, 4) is 11.5 Å². The maximum absolute atomic E-state index is 13.3. The number of hydrogen-bond acceptors (Lipinski definition) is 4. The molecule has 1 aliphatic heterocycles. The molecule has 1 saturated heterocycles. The highest BCUT2D eigenvalue weighted by atomic mass is 19.1. The van der Waals surface area contributed by atoms with E-state index in [1.807, 2.05) is 4.90 Å². The summed E-state index contributed by atoms with van der Waals surface area (Å²) in [4.78, 5) is 15.2. The van der Waals surface area contributed by atoms with Crippen molar-refractivity contribution in [2.24, 2.45) is 5.73 Å². The highest BCUT2D eigenvalue weighted by molar-refractivity contribution is 5.97. The number of piperidine rings is 1. The molecule has 144 valence electrons. The van der Waals surface area contributed by atoms with Gasteiger partial charge in [-0.05, 0) is 49.1 Å². The smallest absolute Gasteiger partial charge is 0.258 e. The van der Waals surface area contributed by atoms with E-state index < -0.39 is 0 Å². The average molecular weight is 372 g/mol. The molecule has 1 atom stereocenters. The quantitative estimate of drug-likeness (QED) is 0.842. The molecule has 3 rings (SSSR count). The van der Waals surface area contributed by atoms with Crippen LogP contribution in [0.4, 0.5) is 4.39 Å². The molecule has 1 fully saturated rings. The van der Waals surface area contributed by atoms with E-state index in [2.05, 4.69) is 0 Å². The first-order chi connectivity index (χ1) is 13.1. The van der Waals surface area contributed by atoms with E-state index in [0.717, 1.165) is 24.8 Å². The van der Waals surface area contributed by atoms with Gasteiger partial charge in [-0.2, -0.15) is 0 Å². The molecule has 5 nitrogen and oxygen atoms in total. The Morgan fingerprint density at radius 2 is 2.00 bits per heavy atom. The minimum Gasteiger partial charge on any atom is -0.497 e. The van der Waals surface area contributed by atoms with Gasteiger partial charge in [0.05, 0.1) is 18.7 Å². The van der Waals surface area contributed by atoms with Crippen LogP contribution in [0.5, 0.6) is 11.5 Å². The topological polar surface area (TPSA) is 64.8 Å². The molecule has 0 spiro atoms. The number of rotatable bonds is 6. The first-order valence-corrected chi connectivity index (χ1v) is 9.21. The molecule has 6 heteroatoms. The van der Waals surface area contributed by atoms with Crippen molar-refractivity contribution in [1.29, 1.82) is 0 Å². The minimum absolute atomic E-state index is 0.0729. The lowest BCUT2D eigenvalue weighted by atomic mass is 9.94. The monoisotopic (exact) mass is 372 g/mol. The van der Waals surface area contributed by atoms with E-state index in [-0.39, 0.29) is 17.8 Å². The van der Waals surface area contributed by atoms with Gasteiger partial charge in [0.25, 0.3) is 5.91 Å². The van der Waals surface area contributed by atoms with Gasteiger partial charge in [0.1, 0.15) is 23.9 Å². The first-order valence-electron chi connectivity index (χ1n) is 9.21. The molecule has 1 amide bonds. The van der Waals surface area contributed by atoms with E-state index >= 15 is 0 Å². The van der Waals surface area contributed by atoms with Gasteiger partial charge in [-0.15, -0.1) is 0 Å². The van der Waals surface area contributed by atoms with Crippen LogP contribution in [0, 0.1) is 5.82 Å². The lowest BCUT2D eigenvalue weighted by Crippen LogP contribution is -2.38. The summed E-state index contributed by atoms with van der Waals surface area (Å²) in [7, 11) is 1.57. The van der Waals surface area contributed by atoms with Crippen molar-refractivity contribution in [1.82, 2.24) is 4.90 Å². The number of hydrogen-bond donors (Lipinski definition) is 1. The Bertz CT molecular complexity index is 779. The minimum atomic E-state index is -0.278. The molecule has 0 aliphatic carbocycles. The molecule has 1 heterocycles. The maximum Gasteiger partial charge on any atom is 0.258 e. The van der Waals surface area contributed by atoms with Gasteiger partial charge >= 0.3 is 0 Å². The molecule has 1 aliphatic rings. The average Bonchev–Trinajstić information content (AvgIpc) is 2.72. The van der Waals surface area contributed by atoms with E-state index in [9.17, 15) is 9.18 Å². The molecule has 2 aromatic carbocycles. The molecule has 0 aromatic heterocycles. The predicted octanol–water partition coefficient (Wildman–Crippen LogP) is 3.54. The molecule has 0 unspecified atom stereocenters. The number of amides is 1. The molecular weight excluding hydrogens is 347 g/mol. The largest absolute Gasteiger partial charge is 0.497 e. The zero-order valence-electron chi connectivity index (χ0n) is 15.5. The van der Waals surface area contributed by atoms with Gasteiger partial charge in [0, 0.05) is 19.2 Å². The molecule has 0 saturated carbocycles. The summed E-state index contributed by atoms with van der Waals surface area (Å²) in [6, 6.07) is 11.5. The van der Waals surface area contributed by atoms with Gasteiger partial charge in [0.15, 0.2) is 0 Å². The third-order valence-electron chi connectivity index (χ3n) is 4.81. The Morgan fingerprint density at radius 1 is 1.22 bits per heavy atom. The van der Waals surface area contributed by atoms with Crippen LogP contribution in [0.25, 0.3) is 0 Å². The highest BCUT2D eigenvalue weighted by Crippen LogP contribution is 2.34. The van der Waals surface area contributed by atoms with Crippen LogP contribution in [0.3, 0.4) is 0 Å². The Labute approximate surface area is 158 Å². The maximum atomic E-state index is 13.3. The fourth-order valence-corrected chi connectivity index (χ4v) is 3.46. The SMILES string of the molecule is COc1ccc(C(=O)N2CCCC[C@H]2c2ccc(F)cc2)c(OCCN)c1. The Kier molecular flexibility index (Phi) is 6.29. The number of methoxy groups -OCH3 is 1. The first kappa shape index (κ1) is 19.2. The number of benzene rings is 2. The van der Waals surface area contributed by atoms with Crippen molar-refractivity contribution in [3.05, 3.63) is 59.4 Å². The van der Waals surface area contributed by atoms with Crippen LogP contribution in [0.15, 0.2) is 42.5 Å². The van der Waals surface area contributed by atoms with Gasteiger partial charge < -0.3 is 20.1 Å². The summed E-state index contributed by atoms with van der Waals surface area (Å²) in [5.74, 6) is 0.708. The highest BCUT2D eigenvalue weighted by Gasteiger charge is 2.30. The third-order valence-corrected chi connectivity index (χ3v) is 4.81. The number of ether oxygens (including phenoxy) is 2. The van der Waals surface area contributed by atoms with Crippen LogP contribution in [0.2, 0.25) is 0 Å². The summed E-state index contributed by atoms with van der Waals surface area (Å²) in [5.41, 5.74) is 6.98. The molecule has 27 heavy (non-hydrogen) atoms. The Morgan fingerprint density at radius 3 is 2.70 bits per heavy atom. The zero-order valence-corrected chi connectivity index (χ0v) is 15.5.